The number of carbonyl (C=O) groups is 1. The Kier molecular flexibility index (Phi) is 12.0. The van der Waals surface area contributed by atoms with Crippen LogP contribution in [-0.4, -0.2) is 60.8 Å². The van der Waals surface area contributed by atoms with Crippen LogP contribution in [0.4, 0.5) is 20.2 Å². The first-order valence-electron chi connectivity index (χ1n) is 17.1. The summed E-state index contributed by atoms with van der Waals surface area (Å²) >= 11 is 3.66. The predicted octanol–water partition coefficient (Wildman–Crippen LogP) is 7.04. The molecule has 1 aliphatic carbocycles. The molecule has 282 valence electrons. The Balaban J connectivity index is 0.000000178. The number of halogens is 3. The number of hydrogen-bond donors (Lipinski definition) is 3. The number of nitrogens with two attached hydrogens (primary N) is 1. The summed E-state index contributed by atoms with van der Waals surface area (Å²) in [5.41, 5.74) is 8.69. The molecule has 1 aromatic carbocycles. The van der Waals surface area contributed by atoms with E-state index < -0.39 is 39.7 Å². The Bertz CT molecular complexity index is 2190. The van der Waals surface area contributed by atoms with E-state index in [9.17, 15) is 14.7 Å². The first-order valence-corrected chi connectivity index (χ1v) is 18.4. The Labute approximate surface area is 322 Å². The van der Waals surface area contributed by atoms with Gasteiger partial charge in [0, 0.05) is 61.6 Å². The second kappa shape index (κ2) is 16.8. The zero-order chi connectivity index (χ0) is 38.5. The second-order valence-corrected chi connectivity index (χ2v) is 13.1. The third-order valence-electron chi connectivity index (χ3n) is 9.05. The Hall–Kier alpha value is -5.27. The van der Waals surface area contributed by atoms with Gasteiger partial charge in [-0.2, -0.15) is 0 Å². The van der Waals surface area contributed by atoms with Crippen molar-refractivity contribution in [3.8, 4) is 34.0 Å². The summed E-state index contributed by atoms with van der Waals surface area (Å²) in [6.07, 6.45) is 7.93. The zero-order valence-electron chi connectivity index (χ0n) is 29.2. The number of carboxylic acid groups (broad SMARTS) is 1. The molecule has 54 heavy (non-hydrogen) atoms. The number of benzene rings is 1. The van der Waals surface area contributed by atoms with Crippen LogP contribution in [0, 0.1) is 11.6 Å². The molecule has 1 saturated carbocycles. The summed E-state index contributed by atoms with van der Waals surface area (Å²) in [7, 11) is 4.20. The molecule has 0 radical (unpaired) electrons. The Morgan fingerprint density at radius 2 is 1.37 bits per heavy atom. The number of pyridine rings is 5. The minimum Gasteiger partial charge on any atom is -0.256 e. The number of aromatic nitrogens is 5. The van der Waals surface area contributed by atoms with Crippen LogP contribution >= 0.6 is 10.1 Å². The number of nitrogens with zero attached hydrogens (tertiary/aromatic N) is 6. The van der Waals surface area contributed by atoms with Crippen LogP contribution in [0.3, 0.4) is 0 Å². The van der Waals surface area contributed by atoms with Crippen LogP contribution in [0.5, 0.6) is 0 Å². The van der Waals surface area contributed by atoms with Crippen molar-refractivity contribution in [2.75, 3.05) is 23.7 Å². The molecule has 4 N–H and O–H groups in total. The quantitative estimate of drug-likeness (QED) is 0.118. The van der Waals surface area contributed by atoms with Crippen molar-refractivity contribution >= 4 is 38.3 Å². The van der Waals surface area contributed by atoms with Gasteiger partial charge in [0.25, 0.3) is 0 Å². The third kappa shape index (κ3) is 8.12. The molecule has 0 spiro atoms. The van der Waals surface area contributed by atoms with E-state index in [1.165, 1.54) is 4.57 Å². The largest absolute Gasteiger partial charge is 0.256 e. The zero-order valence-corrected chi connectivity index (χ0v) is 30.9. The van der Waals surface area contributed by atoms with E-state index in [2.05, 4.69) is 45.5 Å². The number of nitrogen functional groups attached to an aromatic ring is 1. The number of hydrogen-bond acceptors (Lipinski definition) is 9. The molecule has 0 bridgehead atoms. The summed E-state index contributed by atoms with van der Waals surface area (Å²) in [4.78, 5) is 43.7. The van der Waals surface area contributed by atoms with Gasteiger partial charge in [0.05, 0.1) is 45.1 Å². The number of piperazine rings is 1. The molecular weight excluding hydrogens is 765 g/mol. The average molecular weight is 802 g/mol. The standard InChI is InChI=1S/C20H14N4.C19H22F2N4O3.ClH.Cu/c1-4-10-21-16(7-1)15-13-19(17-8-2-5-11-22-17)24-20(14-15)18-9-3-6-12-23-18;1-8-5-24(6-9(2)23-8)17-13(20)15(22)12-16(14(17)21)25(10-3-4-10)7-11(18(12)26)19(27)28;;/h1-14H;7-10,23H,3-6,22H2,1-2H3,(H,27,28);1H;/q;;;+1/p-1/t;8-,9+;;. The molecule has 8 rings (SSSR count). The molecule has 1 aliphatic heterocycles. The molecule has 1 saturated heterocycles. The maximum absolute atomic E-state index is 15.6. The van der Waals surface area contributed by atoms with Crippen LogP contribution in [-0.2, 0) is 15.1 Å². The summed E-state index contributed by atoms with van der Waals surface area (Å²) < 4.78 is 32.2. The summed E-state index contributed by atoms with van der Waals surface area (Å²) in [5, 5.41) is 12.2. The molecule has 0 unspecified atom stereocenters. The minimum absolute atomic E-state index is 0.0134. The second-order valence-electron chi connectivity index (χ2n) is 13.1. The fourth-order valence-corrected chi connectivity index (χ4v) is 6.64. The van der Waals surface area contributed by atoms with E-state index in [1.54, 1.807) is 23.5 Å². The number of fused-ring (bicyclic) bond motifs is 1. The van der Waals surface area contributed by atoms with Gasteiger partial charge in [0.2, 0.25) is 5.43 Å². The van der Waals surface area contributed by atoms with Crippen molar-refractivity contribution in [2.45, 2.75) is 44.8 Å². The number of nitrogens with one attached hydrogen (secondary N) is 1. The molecule has 11 nitrogen and oxygen atoms in total. The maximum Gasteiger partial charge on any atom is 0.0901 e. The minimum atomic E-state index is -1.45. The van der Waals surface area contributed by atoms with Crippen LogP contribution in [0.25, 0.3) is 44.9 Å². The van der Waals surface area contributed by atoms with Crippen LogP contribution in [0.2, 0.25) is 0 Å². The van der Waals surface area contributed by atoms with Crippen molar-refractivity contribution in [1.29, 1.82) is 0 Å². The molecule has 0 amide bonds. The first-order chi connectivity index (χ1) is 26.1. The van der Waals surface area contributed by atoms with E-state index in [1.807, 2.05) is 80.6 Å². The van der Waals surface area contributed by atoms with Crippen molar-refractivity contribution in [3.05, 3.63) is 119 Å². The summed E-state index contributed by atoms with van der Waals surface area (Å²) in [6, 6.07) is 21.4. The third-order valence-corrected chi connectivity index (χ3v) is 9.05. The predicted molar refractivity (Wildman–Crippen MR) is 202 cm³/mol. The summed E-state index contributed by atoms with van der Waals surface area (Å²) in [5.74, 6) is -3.34. The van der Waals surface area contributed by atoms with E-state index >= 15 is 8.78 Å². The van der Waals surface area contributed by atoms with Crippen LogP contribution in [0.1, 0.15) is 43.1 Å². The first kappa shape index (κ1) is 38.5. The van der Waals surface area contributed by atoms with E-state index in [-0.39, 0.29) is 29.3 Å². The normalized spacial score (nSPS) is 16.5. The van der Waals surface area contributed by atoms with E-state index in [4.69, 9.17) is 10.7 Å². The monoisotopic (exact) mass is 800 g/mol. The van der Waals surface area contributed by atoms with Crippen molar-refractivity contribution in [2.24, 2.45) is 0 Å². The SMILES string of the molecule is C[C@@H]1CN(c2c(F)c(N)c3c(=O)c(C(=O)O)cn(C4CC4)c3c2F)C[C@H](C)N1.[Cl][Cu].c1ccc(-c2cc(-c3ccccn3)nc(-c3ccccn3)c2)nc1. The van der Waals surface area contributed by atoms with Crippen LogP contribution < -0.4 is 21.4 Å². The van der Waals surface area contributed by atoms with E-state index in [0.29, 0.717) is 13.1 Å². The molecule has 6 aromatic rings. The maximum atomic E-state index is 15.6. The van der Waals surface area contributed by atoms with Gasteiger partial charge in [-0.15, -0.1) is 0 Å². The van der Waals surface area contributed by atoms with Crippen molar-refractivity contribution < 1.29 is 33.8 Å². The number of carboxylic acids is 1. The fraction of sp³-hybridized carbons (Fsp3) is 0.231. The van der Waals surface area contributed by atoms with Gasteiger partial charge in [0.1, 0.15) is 11.3 Å². The molecule has 6 heterocycles. The van der Waals surface area contributed by atoms with Gasteiger partial charge in [0.15, 0.2) is 11.6 Å². The van der Waals surface area contributed by atoms with Crippen molar-refractivity contribution in [1.82, 2.24) is 29.8 Å². The molecule has 15 heteroatoms. The number of anilines is 2. The smallest absolute Gasteiger partial charge is 0.0901 e. The van der Waals surface area contributed by atoms with Gasteiger partial charge in [-0.3, -0.25) is 19.7 Å². The topological polar surface area (TPSA) is 152 Å². The average Bonchev–Trinajstić information content (AvgIpc) is 4.04. The Morgan fingerprint density at radius 3 is 1.83 bits per heavy atom. The van der Waals surface area contributed by atoms with E-state index in [0.717, 1.165) is 53.1 Å². The number of rotatable bonds is 6. The fourth-order valence-electron chi connectivity index (χ4n) is 6.64. The molecule has 2 atom stereocenters. The Morgan fingerprint density at radius 1 is 0.852 bits per heavy atom. The summed E-state index contributed by atoms with van der Waals surface area (Å²) in [6.45, 7) is 4.60. The molecule has 2 fully saturated rings. The van der Waals surface area contributed by atoms with Gasteiger partial charge in [-0.1, -0.05) is 18.2 Å². The molecule has 5 aromatic heterocycles. The van der Waals surface area contributed by atoms with Gasteiger partial charge >= 0.3 is 31.2 Å². The van der Waals surface area contributed by atoms with Crippen molar-refractivity contribution in [3.63, 3.8) is 0 Å². The van der Waals surface area contributed by atoms with Crippen LogP contribution in [0.15, 0.2) is 96.3 Å². The number of aromatic carboxylic acids is 1. The molecule has 2 aliphatic rings. The van der Waals surface area contributed by atoms with Gasteiger partial charge in [-0.25, -0.2) is 18.6 Å². The van der Waals surface area contributed by atoms with Gasteiger partial charge < -0.3 is 25.6 Å². The molecular formula is C39H36ClCuF2N8O3. The van der Waals surface area contributed by atoms with Gasteiger partial charge in [-0.05, 0) is 75.2 Å².